The highest BCUT2D eigenvalue weighted by Gasteiger charge is 2.33. The molecule has 5 aromatic heterocycles. The molecule has 6 rings (SSSR count). The summed E-state index contributed by atoms with van der Waals surface area (Å²) in [6.07, 6.45) is -2.80. The molecule has 0 spiro atoms. The van der Waals surface area contributed by atoms with Crippen molar-refractivity contribution in [2.45, 2.75) is 25.3 Å². The number of fused-ring (bicyclic) bond motifs is 2. The molecule has 6 heterocycles. The van der Waals surface area contributed by atoms with Crippen molar-refractivity contribution in [2.24, 2.45) is 0 Å². The fourth-order valence-corrected chi connectivity index (χ4v) is 3.70. The van der Waals surface area contributed by atoms with Crippen molar-refractivity contribution in [3.8, 4) is 11.6 Å². The van der Waals surface area contributed by atoms with Gasteiger partial charge in [-0.15, -0.1) is 5.10 Å². The summed E-state index contributed by atoms with van der Waals surface area (Å²) in [7, 11) is 0. The number of rotatable bonds is 2. The van der Waals surface area contributed by atoms with Crippen molar-refractivity contribution >= 4 is 11.5 Å². The number of hydrogen-bond donors (Lipinski definition) is 1. The van der Waals surface area contributed by atoms with E-state index in [1.807, 2.05) is 4.90 Å². The number of alkyl halides is 6. The van der Waals surface area contributed by atoms with Gasteiger partial charge >= 0.3 is 18.4 Å². The Bertz CT molecular complexity index is 1500. The first kappa shape index (κ1) is 24.3. The van der Waals surface area contributed by atoms with Gasteiger partial charge in [-0.05, 0) is 30.3 Å². The van der Waals surface area contributed by atoms with E-state index < -0.39 is 23.5 Å². The molecule has 0 bridgehead atoms. The molecule has 0 atom stereocenters. The number of nitrogens with zero attached hydrogens (tertiary/aromatic N) is 7. The van der Waals surface area contributed by atoms with E-state index >= 15 is 0 Å². The molecule has 0 fully saturated rings. The third kappa shape index (κ3) is 5.10. The van der Waals surface area contributed by atoms with Gasteiger partial charge in [0.1, 0.15) is 5.69 Å². The average molecular weight is 522 g/mol. The number of H-pyrrole nitrogens is 1. The molecule has 0 unspecified atom stereocenters. The highest BCUT2D eigenvalue weighted by atomic mass is 19.4. The van der Waals surface area contributed by atoms with Gasteiger partial charge < -0.3 is 14.3 Å². The summed E-state index contributed by atoms with van der Waals surface area (Å²) in [6.45, 7) is 1.22. The minimum absolute atomic E-state index is 0.0779. The molecule has 1 N–H and O–H groups in total. The maximum atomic E-state index is 12.6. The number of aromatic amines is 1. The smallest absolute Gasteiger partial charge is 0.402 e. The van der Waals surface area contributed by atoms with Gasteiger partial charge in [-0.1, -0.05) is 5.10 Å². The zero-order chi connectivity index (χ0) is 26.2. The largest absolute Gasteiger partial charge is 0.418 e. The molecule has 0 aliphatic carbocycles. The first-order valence-electron chi connectivity index (χ1n) is 10.7. The van der Waals surface area contributed by atoms with Crippen LogP contribution in [0.2, 0.25) is 0 Å². The number of anilines is 1. The summed E-state index contributed by atoms with van der Waals surface area (Å²) in [5.74, 6) is 0.0779. The van der Waals surface area contributed by atoms with Crippen LogP contribution in [0.3, 0.4) is 0 Å². The van der Waals surface area contributed by atoms with E-state index in [2.05, 4.69) is 30.2 Å². The Morgan fingerprint density at radius 1 is 0.946 bits per heavy atom. The quantitative estimate of drug-likeness (QED) is 0.333. The normalized spacial score (nSPS) is 13.8. The van der Waals surface area contributed by atoms with Crippen molar-refractivity contribution in [1.29, 1.82) is 0 Å². The molecule has 1 aliphatic heterocycles. The number of hydrogen-bond acceptors (Lipinski definition) is 7. The van der Waals surface area contributed by atoms with Gasteiger partial charge in [-0.3, -0.25) is 4.98 Å². The van der Waals surface area contributed by atoms with Gasteiger partial charge in [0, 0.05) is 31.6 Å². The Kier molecular flexibility index (Phi) is 6.05. The number of nitrogens with one attached hydrogen (secondary N) is 1. The van der Waals surface area contributed by atoms with Crippen LogP contribution in [0, 0.1) is 0 Å². The topological polar surface area (TPSA) is 101 Å². The Labute approximate surface area is 203 Å². The maximum Gasteiger partial charge on any atom is 0.418 e. The average Bonchev–Trinajstić information content (AvgIpc) is 3.63. The van der Waals surface area contributed by atoms with Crippen LogP contribution >= 0.6 is 0 Å². The molecule has 192 valence electrons. The van der Waals surface area contributed by atoms with Crippen molar-refractivity contribution in [3.05, 3.63) is 77.8 Å². The third-order valence-electron chi connectivity index (χ3n) is 5.51. The number of halogens is 6. The van der Waals surface area contributed by atoms with Gasteiger partial charge in [-0.25, -0.2) is 9.50 Å². The van der Waals surface area contributed by atoms with Gasteiger partial charge in [0.25, 0.3) is 5.89 Å². The first-order chi connectivity index (χ1) is 17.6. The van der Waals surface area contributed by atoms with Crippen molar-refractivity contribution in [2.75, 3.05) is 11.4 Å². The van der Waals surface area contributed by atoms with Gasteiger partial charge in [0.15, 0.2) is 0 Å². The summed E-state index contributed by atoms with van der Waals surface area (Å²) in [5, 5.41) is 11.5. The van der Waals surface area contributed by atoms with E-state index in [4.69, 9.17) is 4.42 Å². The highest BCUT2D eigenvalue weighted by Crippen LogP contribution is 2.32. The summed E-state index contributed by atoms with van der Waals surface area (Å²) in [4.78, 5) is 12.9. The van der Waals surface area contributed by atoms with E-state index in [0.29, 0.717) is 19.1 Å². The van der Waals surface area contributed by atoms with Crippen molar-refractivity contribution in [3.63, 3.8) is 0 Å². The van der Waals surface area contributed by atoms with Crippen LogP contribution in [0.1, 0.15) is 22.5 Å². The Balaban J connectivity index is 0.000000182. The monoisotopic (exact) mass is 522 g/mol. The van der Waals surface area contributed by atoms with Crippen LogP contribution in [0.25, 0.3) is 17.1 Å². The molecule has 0 saturated heterocycles. The van der Waals surface area contributed by atoms with Crippen LogP contribution in [-0.4, -0.2) is 41.3 Å². The second-order valence-electron chi connectivity index (χ2n) is 7.90. The predicted octanol–water partition coefficient (Wildman–Crippen LogP) is 4.79. The SMILES string of the molecule is FC(F)(F)c1ccc(-c2nnc(N3CCc4nc[nH]c4C3)o2)nc1.FC(F)(F)c1cccn2nccc12. The first-order valence-corrected chi connectivity index (χ1v) is 10.7. The fourth-order valence-electron chi connectivity index (χ4n) is 3.70. The number of aromatic nitrogens is 7. The molecular weight excluding hydrogens is 506 g/mol. The molecule has 9 nitrogen and oxygen atoms in total. The van der Waals surface area contributed by atoms with Crippen molar-refractivity contribution < 1.29 is 30.8 Å². The standard InChI is InChI=1S/C14H11F3N6O.C8H5F3N2/c15-14(16,17)8-1-2-10(18-5-8)12-21-22-13(24-12)23-4-3-9-11(6-23)20-7-19-9;9-8(10,11)6-2-1-5-13-7(6)3-4-12-13/h1-2,5,7H,3-4,6H2,(H,19,20);1-5H. The molecule has 0 aromatic carbocycles. The van der Waals surface area contributed by atoms with Crippen LogP contribution in [-0.2, 0) is 25.3 Å². The Hall–Kier alpha value is -4.43. The molecule has 0 amide bonds. The molecule has 37 heavy (non-hydrogen) atoms. The zero-order valence-corrected chi connectivity index (χ0v) is 18.6. The lowest BCUT2D eigenvalue weighted by Crippen LogP contribution is -2.30. The van der Waals surface area contributed by atoms with Gasteiger partial charge in [0.05, 0.1) is 40.9 Å². The molecule has 15 heteroatoms. The second kappa shape index (κ2) is 9.22. The van der Waals surface area contributed by atoms with E-state index in [9.17, 15) is 26.3 Å². The lowest BCUT2D eigenvalue weighted by Gasteiger charge is -2.23. The molecule has 1 aliphatic rings. The predicted molar refractivity (Wildman–Crippen MR) is 116 cm³/mol. The number of pyridine rings is 2. The summed E-state index contributed by atoms with van der Waals surface area (Å²) >= 11 is 0. The molecular formula is C22H16F6N8O. The summed E-state index contributed by atoms with van der Waals surface area (Å²) in [5.41, 5.74) is 0.779. The van der Waals surface area contributed by atoms with Gasteiger partial charge in [0.2, 0.25) is 0 Å². The third-order valence-corrected chi connectivity index (χ3v) is 5.51. The molecule has 0 saturated carbocycles. The van der Waals surface area contributed by atoms with E-state index in [1.54, 1.807) is 6.33 Å². The fraction of sp³-hybridized carbons (Fsp3) is 0.227. The molecule has 5 aromatic rings. The maximum absolute atomic E-state index is 12.6. The lowest BCUT2D eigenvalue weighted by molar-refractivity contribution is -0.138. The number of imidazole rings is 1. The second-order valence-corrected chi connectivity index (χ2v) is 7.90. The minimum Gasteiger partial charge on any atom is -0.402 e. The van der Waals surface area contributed by atoms with E-state index in [1.165, 1.54) is 35.1 Å². The Morgan fingerprint density at radius 3 is 2.51 bits per heavy atom. The van der Waals surface area contributed by atoms with Crippen LogP contribution < -0.4 is 4.90 Å². The zero-order valence-electron chi connectivity index (χ0n) is 18.6. The van der Waals surface area contributed by atoms with Crippen LogP contribution in [0.4, 0.5) is 32.4 Å². The van der Waals surface area contributed by atoms with E-state index in [-0.39, 0.29) is 17.1 Å². The molecule has 0 radical (unpaired) electrons. The lowest BCUT2D eigenvalue weighted by atomic mass is 10.1. The minimum atomic E-state index is -4.43. The van der Waals surface area contributed by atoms with Gasteiger partial charge in [-0.2, -0.15) is 31.4 Å². The van der Waals surface area contributed by atoms with Crippen molar-refractivity contribution in [1.82, 2.24) is 34.8 Å². The summed E-state index contributed by atoms with van der Waals surface area (Å²) in [6, 6.07) is 6.14. The highest BCUT2D eigenvalue weighted by molar-refractivity contribution is 5.54. The van der Waals surface area contributed by atoms with Crippen LogP contribution in [0.15, 0.2) is 59.7 Å². The summed E-state index contributed by atoms with van der Waals surface area (Å²) < 4.78 is 81.5. The Morgan fingerprint density at radius 2 is 1.78 bits per heavy atom. The van der Waals surface area contributed by atoms with Crippen LogP contribution in [0.5, 0.6) is 0 Å². The van der Waals surface area contributed by atoms with E-state index in [0.717, 1.165) is 36.1 Å².